The van der Waals surface area contributed by atoms with E-state index in [9.17, 15) is 8.42 Å². The molecule has 1 rings (SSSR count). The Hall–Kier alpha value is -0.0600. The van der Waals surface area contributed by atoms with E-state index in [1.54, 1.807) is 0 Å². The van der Waals surface area contributed by atoms with Gasteiger partial charge in [0.2, 0.25) is 0 Å². The fraction of sp³-hybridized carbons (Fsp3) is 0.500. The zero-order valence-electron chi connectivity index (χ0n) is 10.3. The first-order valence-electron chi connectivity index (χ1n) is 5.42. The Balaban J connectivity index is 3.72. The maximum Gasteiger partial charge on any atom is 0.261 e. The summed E-state index contributed by atoms with van der Waals surface area (Å²) < 4.78 is 24.4. The van der Waals surface area contributed by atoms with Crippen LogP contribution < -0.4 is 0 Å². The smallest absolute Gasteiger partial charge is 0.207 e. The quantitative estimate of drug-likeness (QED) is 0.753. The molecule has 0 aromatic heterocycles. The molecule has 0 saturated carbocycles. The Morgan fingerprint density at radius 2 is 1.41 bits per heavy atom. The van der Waals surface area contributed by atoms with Gasteiger partial charge < -0.3 is 0 Å². The normalized spacial score (nSPS) is 12.5. The van der Waals surface area contributed by atoms with Gasteiger partial charge in [-0.1, -0.05) is 43.6 Å². The van der Waals surface area contributed by atoms with E-state index in [0.29, 0.717) is 0 Å². The molecule has 0 heterocycles. The van der Waals surface area contributed by atoms with E-state index < -0.39 is 9.05 Å². The highest BCUT2D eigenvalue weighted by molar-refractivity contribution is 9.10. The molecule has 96 valence electrons. The van der Waals surface area contributed by atoms with Gasteiger partial charge in [-0.05, 0) is 35.1 Å². The van der Waals surface area contributed by atoms with Crippen LogP contribution in [-0.4, -0.2) is 8.42 Å². The van der Waals surface area contributed by atoms with E-state index in [1.807, 2.05) is 39.8 Å². The van der Waals surface area contributed by atoms with Gasteiger partial charge in [-0.15, -0.1) is 0 Å². The third kappa shape index (κ3) is 3.46. The summed E-state index contributed by atoms with van der Waals surface area (Å²) in [6.07, 6.45) is 0. The summed E-state index contributed by atoms with van der Waals surface area (Å²) in [6, 6.07) is 3.65. The van der Waals surface area contributed by atoms with Crippen molar-refractivity contribution in [2.45, 2.75) is 44.4 Å². The molecule has 0 fully saturated rings. The summed E-state index contributed by atoms with van der Waals surface area (Å²) in [5, 5.41) is 0. The minimum atomic E-state index is -3.72. The molecule has 2 nitrogen and oxygen atoms in total. The van der Waals surface area contributed by atoms with Gasteiger partial charge in [0, 0.05) is 15.2 Å². The highest BCUT2D eigenvalue weighted by atomic mass is 79.9. The monoisotopic (exact) mass is 338 g/mol. The lowest BCUT2D eigenvalue weighted by molar-refractivity contribution is 0.604. The summed E-state index contributed by atoms with van der Waals surface area (Å²) in [7, 11) is 1.85. The minimum Gasteiger partial charge on any atom is -0.207 e. The zero-order valence-corrected chi connectivity index (χ0v) is 13.4. The number of hydrogen-bond acceptors (Lipinski definition) is 2. The molecule has 0 aliphatic carbocycles. The van der Waals surface area contributed by atoms with Crippen LogP contribution in [0, 0.1) is 0 Å². The molecular weight excluding hydrogens is 324 g/mol. The Morgan fingerprint density at radius 1 is 1.06 bits per heavy atom. The number of rotatable bonds is 3. The average Bonchev–Trinajstić information content (AvgIpc) is 2.14. The summed E-state index contributed by atoms with van der Waals surface area (Å²) in [5.41, 5.74) is 1.52. The molecule has 1 aromatic rings. The molecule has 0 radical (unpaired) electrons. The van der Waals surface area contributed by atoms with Crippen molar-refractivity contribution in [2.75, 3.05) is 0 Å². The van der Waals surface area contributed by atoms with Gasteiger partial charge in [-0.2, -0.15) is 0 Å². The van der Waals surface area contributed by atoms with Crippen LogP contribution in [0.3, 0.4) is 0 Å². The highest BCUT2D eigenvalue weighted by Gasteiger charge is 2.24. The van der Waals surface area contributed by atoms with Crippen molar-refractivity contribution < 1.29 is 8.42 Å². The Morgan fingerprint density at radius 3 is 1.65 bits per heavy atom. The largest absolute Gasteiger partial charge is 0.261 e. The SMILES string of the molecule is CC(C)c1cc(Br)cc(C(C)C)c1S(=O)(=O)Cl. The third-order valence-corrected chi connectivity index (χ3v) is 4.48. The molecule has 0 aliphatic rings. The predicted octanol–water partition coefficient (Wildman–Crippen LogP) is 4.62. The Labute approximate surface area is 116 Å². The van der Waals surface area contributed by atoms with Crippen LogP contribution in [0.5, 0.6) is 0 Å². The molecular formula is C12H16BrClO2S. The van der Waals surface area contributed by atoms with Crippen molar-refractivity contribution >= 4 is 35.7 Å². The lowest BCUT2D eigenvalue weighted by Gasteiger charge is -2.18. The van der Waals surface area contributed by atoms with Gasteiger partial charge in [0.05, 0.1) is 4.90 Å². The maximum absolute atomic E-state index is 11.7. The molecule has 17 heavy (non-hydrogen) atoms. The van der Waals surface area contributed by atoms with Crippen molar-refractivity contribution in [3.8, 4) is 0 Å². The molecule has 0 unspecified atom stereocenters. The van der Waals surface area contributed by atoms with E-state index in [-0.39, 0.29) is 16.7 Å². The van der Waals surface area contributed by atoms with Crippen LogP contribution in [0.2, 0.25) is 0 Å². The predicted molar refractivity (Wildman–Crippen MR) is 75.4 cm³/mol. The van der Waals surface area contributed by atoms with E-state index in [0.717, 1.165) is 15.6 Å². The lowest BCUT2D eigenvalue weighted by atomic mass is 9.95. The molecule has 0 aliphatic heterocycles. The number of halogens is 2. The fourth-order valence-electron chi connectivity index (χ4n) is 1.78. The van der Waals surface area contributed by atoms with Crippen LogP contribution in [0.15, 0.2) is 21.5 Å². The first-order valence-corrected chi connectivity index (χ1v) is 8.52. The molecule has 0 spiro atoms. The van der Waals surface area contributed by atoms with Gasteiger partial charge in [0.15, 0.2) is 0 Å². The second-order valence-electron chi connectivity index (χ2n) is 4.66. The molecule has 0 amide bonds. The topological polar surface area (TPSA) is 34.1 Å². The van der Waals surface area contributed by atoms with Crippen LogP contribution in [0.25, 0.3) is 0 Å². The van der Waals surface area contributed by atoms with Crippen molar-refractivity contribution in [3.05, 3.63) is 27.7 Å². The van der Waals surface area contributed by atoms with Crippen molar-refractivity contribution in [1.82, 2.24) is 0 Å². The third-order valence-electron chi connectivity index (χ3n) is 2.60. The highest BCUT2D eigenvalue weighted by Crippen LogP contribution is 2.36. The Kier molecular flexibility index (Phi) is 4.67. The summed E-state index contributed by atoms with van der Waals surface area (Å²) in [5.74, 6) is 0.210. The molecule has 0 atom stereocenters. The van der Waals surface area contributed by atoms with E-state index >= 15 is 0 Å². The Bertz CT molecular complexity index is 492. The molecule has 0 bridgehead atoms. The van der Waals surface area contributed by atoms with Gasteiger partial charge >= 0.3 is 0 Å². The van der Waals surface area contributed by atoms with Gasteiger partial charge in [0.25, 0.3) is 9.05 Å². The lowest BCUT2D eigenvalue weighted by Crippen LogP contribution is -2.06. The molecule has 0 saturated heterocycles. The maximum atomic E-state index is 11.7. The molecule has 5 heteroatoms. The summed E-state index contributed by atoms with van der Waals surface area (Å²) in [4.78, 5) is 0.271. The van der Waals surface area contributed by atoms with Crippen LogP contribution in [0.4, 0.5) is 0 Å². The minimum absolute atomic E-state index is 0.105. The number of benzene rings is 1. The van der Waals surface area contributed by atoms with Crippen molar-refractivity contribution in [2.24, 2.45) is 0 Å². The number of hydrogen-bond donors (Lipinski definition) is 0. The van der Waals surface area contributed by atoms with E-state index in [4.69, 9.17) is 10.7 Å². The van der Waals surface area contributed by atoms with E-state index in [1.165, 1.54) is 0 Å². The summed E-state index contributed by atoms with van der Waals surface area (Å²) >= 11 is 3.41. The average molecular weight is 340 g/mol. The summed E-state index contributed by atoms with van der Waals surface area (Å²) in [6.45, 7) is 7.82. The standard InChI is InChI=1S/C12H16BrClO2S/c1-7(2)10-5-9(13)6-11(8(3)4)12(10)17(14,15)16/h5-8H,1-4H3. The van der Waals surface area contributed by atoms with Gasteiger partial charge in [-0.25, -0.2) is 8.42 Å². The van der Waals surface area contributed by atoms with Crippen molar-refractivity contribution in [1.29, 1.82) is 0 Å². The second-order valence-corrected chi connectivity index (χ2v) is 8.08. The first kappa shape index (κ1) is 15.0. The molecule has 1 aromatic carbocycles. The van der Waals surface area contributed by atoms with Crippen LogP contribution in [0.1, 0.15) is 50.7 Å². The first-order chi connectivity index (χ1) is 7.64. The fourth-order valence-corrected chi connectivity index (χ4v) is 3.96. The van der Waals surface area contributed by atoms with Crippen LogP contribution >= 0.6 is 26.6 Å². The van der Waals surface area contributed by atoms with E-state index in [2.05, 4.69) is 15.9 Å². The zero-order chi connectivity index (χ0) is 13.4. The second kappa shape index (κ2) is 5.29. The molecule has 0 N–H and O–H groups in total. The van der Waals surface area contributed by atoms with Gasteiger partial charge in [0.1, 0.15) is 0 Å². The van der Waals surface area contributed by atoms with Crippen LogP contribution in [-0.2, 0) is 9.05 Å². The van der Waals surface area contributed by atoms with Gasteiger partial charge in [-0.3, -0.25) is 0 Å². The van der Waals surface area contributed by atoms with Crippen molar-refractivity contribution in [3.63, 3.8) is 0 Å².